The molecule has 0 aliphatic rings. The number of carbonyl (C=O) groups excluding carboxylic acids is 1. The first kappa shape index (κ1) is 13.2. The molecule has 0 aromatic rings. The number of hydrogen-bond acceptors (Lipinski definition) is 2. The highest BCUT2D eigenvalue weighted by molar-refractivity contribution is 6.17. The Hall–Kier alpha value is -0.770. The molecule has 0 fully saturated rings. The summed E-state index contributed by atoms with van der Waals surface area (Å²) in [6, 6.07) is 0. The third-order valence-corrected chi connectivity index (χ3v) is 1.94. The van der Waals surface area contributed by atoms with Gasteiger partial charge < -0.3 is 10.4 Å². The minimum absolute atomic E-state index is 0.0130. The topological polar surface area (TPSA) is 66.4 Å². The second-order valence-electron chi connectivity index (χ2n) is 2.99. The van der Waals surface area contributed by atoms with E-state index in [1.807, 2.05) is 0 Å². The summed E-state index contributed by atoms with van der Waals surface area (Å²) in [4.78, 5) is 21.1. The van der Waals surface area contributed by atoms with Gasteiger partial charge in [-0.25, -0.2) is 0 Å². The van der Waals surface area contributed by atoms with Gasteiger partial charge in [-0.05, 0) is 19.3 Å². The highest BCUT2D eigenvalue weighted by Gasteiger charge is 2.00. The Morgan fingerprint density at radius 3 is 2.43 bits per heavy atom. The third kappa shape index (κ3) is 9.32. The standard InChI is InChI=1S/C9H16ClNO3/c10-6-3-4-8(12)11-7-2-1-5-9(13)14/h1-7H2,(H,11,12)(H,13,14). The Kier molecular flexibility index (Phi) is 8.33. The van der Waals surface area contributed by atoms with Crippen LogP contribution in [0.1, 0.15) is 32.1 Å². The summed E-state index contributed by atoms with van der Waals surface area (Å²) < 4.78 is 0. The summed E-state index contributed by atoms with van der Waals surface area (Å²) in [5.74, 6) is -0.314. The van der Waals surface area contributed by atoms with E-state index in [4.69, 9.17) is 16.7 Å². The molecule has 0 saturated heterocycles. The van der Waals surface area contributed by atoms with Crippen LogP contribution in [0.5, 0.6) is 0 Å². The van der Waals surface area contributed by atoms with Crippen LogP contribution >= 0.6 is 11.6 Å². The van der Waals surface area contributed by atoms with Gasteiger partial charge in [0.2, 0.25) is 5.91 Å². The molecule has 0 rings (SSSR count). The third-order valence-electron chi connectivity index (χ3n) is 1.68. The summed E-state index contributed by atoms with van der Waals surface area (Å²) in [5, 5.41) is 11.0. The number of carbonyl (C=O) groups is 2. The maximum Gasteiger partial charge on any atom is 0.303 e. The monoisotopic (exact) mass is 221 g/mol. The number of amides is 1. The van der Waals surface area contributed by atoms with E-state index in [0.29, 0.717) is 38.1 Å². The summed E-state index contributed by atoms with van der Waals surface area (Å²) in [7, 11) is 0. The summed E-state index contributed by atoms with van der Waals surface area (Å²) in [6.45, 7) is 0.550. The maximum absolute atomic E-state index is 11.0. The lowest BCUT2D eigenvalue weighted by Gasteiger charge is -2.02. The Balaban J connectivity index is 3.19. The molecule has 0 aromatic heterocycles. The van der Waals surface area contributed by atoms with E-state index in [-0.39, 0.29) is 12.3 Å². The molecule has 0 atom stereocenters. The number of aliphatic carboxylic acids is 1. The first-order chi connectivity index (χ1) is 6.66. The van der Waals surface area contributed by atoms with E-state index in [0.717, 1.165) is 0 Å². The first-order valence-corrected chi connectivity index (χ1v) is 5.24. The van der Waals surface area contributed by atoms with Crippen molar-refractivity contribution in [2.24, 2.45) is 0 Å². The van der Waals surface area contributed by atoms with E-state index in [2.05, 4.69) is 5.32 Å². The molecule has 82 valence electrons. The maximum atomic E-state index is 11.0. The minimum atomic E-state index is -0.793. The van der Waals surface area contributed by atoms with Gasteiger partial charge in [-0.2, -0.15) is 0 Å². The number of nitrogens with one attached hydrogen (secondary N) is 1. The van der Waals surface area contributed by atoms with Crippen LogP contribution < -0.4 is 5.32 Å². The van der Waals surface area contributed by atoms with E-state index >= 15 is 0 Å². The van der Waals surface area contributed by atoms with Crippen molar-refractivity contribution in [1.29, 1.82) is 0 Å². The molecule has 0 radical (unpaired) electrons. The molecule has 0 spiro atoms. The highest BCUT2D eigenvalue weighted by Crippen LogP contribution is 1.95. The number of rotatable bonds is 8. The van der Waals surface area contributed by atoms with Crippen LogP contribution in [0.25, 0.3) is 0 Å². The van der Waals surface area contributed by atoms with Gasteiger partial charge in [-0.1, -0.05) is 0 Å². The van der Waals surface area contributed by atoms with Gasteiger partial charge in [0.15, 0.2) is 0 Å². The normalized spacial score (nSPS) is 9.79. The molecular formula is C9H16ClNO3. The van der Waals surface area contributed by atoms with Crippen molar-refractivity contribution in [3.63, 3.8) is 0 Å². The molecule has 0 aliphatic heterocycles. The molecule has 5 heteroatoms. The highest BCUT2D eigenvalue weighted by atomic mass is 35.5. The van der Waals surface area contributed by atoms with Crippen molar-refractivity contribution in [3.05, 3.63) is 0 Å². The molecule has 2 N–H and O–H groups in total. The Bertz CT molecular complexity index is 185. The average molecular weight is 222 g/mol. The van der Waals surface area contributed by atoms with Gasteiger partial charge in [0.1, 0.15) is 0 Å². The van der Waals surface area contributed by atoms with Gasteiger partial charge >= 0.3 is 5.97 Å². The summed E-state index contributed by atoms with van der Waals surface area (Å²) >= 11 is 5.42. The van der Waals surface area contributed by atoms with Gasteiger partial charge in [-0.15, -0.1) is 11.6 Å². The van der Waals surface area contributed by atoms with Crippen molar-refractivity contribution in [2.75, 3.05) is 12.4 Å². The van der Waals surface area contributed by atoms with Gasteiger partial charge in [0, 0.05) is 25.3 Å². The van der Waals surface area contributed by atoms with Crippen LogP contribution in [0.15, 0.2) is 0 Å². The lowest BCUT2D eigenvalue weighted by Crippen LogP contribution is -2.24. The van der Waals surface area contributed by atoms with Crippen LogP contribution in [-0.4, -0.2) is 29.4 Å². The molecule has 1 amide bonds. The molecule has 0 unspecified atom stereocenters. The van der Waals surface area contributed by atoms with E-state index in [1.165, 1.54) is 0 Å². The molecule has 0 saturated carbocycles. The summed E-state index contributed by atoms with van der Waals surface area (Å²) in [6.07, 6.45) is 2.60. The zero-order valence-corrected chi connectivity index (χ0v) is 8.85. The SMILES string of the molecule is O=C(O)CCCCNC(=O)CCCCl. The Morgan fingerprint density at radius 2 is 1.86 bits per heavy atom. The van der Waals surface area contributed by atoms with Crippen molar-refractivity contribution in [3.8, 4) is 0 Å². The number of hydrogen-bond donors (Lipinski definition) is 2. The number of carboxylic acids is 1. The molecular weight excluding hydrogens is 206 g/mol. The summed E-state index contributed by atoms with van der Waals surface area (Å²) in [5.41, 5.74) is 0. The average Bonchev–Trinajstić information content (AvgIpc) is 2.13. The zero-order chi connectivity index (χ0) is 10.8. The van der Waals surface area contributed by atoms with E-state index in [9.17, 15) is 9.59 Å². The largest absolute Gasteiger partial charge is 0.481 e. The molecule has 0 aliphatic carbocycles. The fourth-order valence-electron chi connectivity index (χ4n) is 0.945. The van der Waals surface area contributed by atoms with Crippen molar-refractivity contribution in [1.82, 2.24) is 5.32 Å². The number of alkyl halides is 1. The van der Waals surface area contributed by atoms with Crippen LogP contribution in [0.4, 0.5) is 0 Å². The second kappa shape index (κ2) is 8.81. The molecule has 14 heavy (non-hydrogen) atoms. The number of halogens is 1. The molecule has 0 aromatic carbocycles. The van der Waals surface area contributed by atoms with Crippen molar-refractivity contribution < 1.29 is 14.7 Å². The number of carboxylic acid groups (broad SMARTS) is 1. The predicted molar refractivity (Wildman–Crippen MR) is 54.5 cm³/mol. The number of unbranched alkanes of at least 4 members (excludes halogenated alkanes) is 1. The molecule has 0 bridgehead atoms. The zero-order valence-electron chi connectivity index (χ0n) is 8.09. The Labute approximate surface area is 88.6 Å². The fourth-order valence-corrected chi connectivity index (χ4v) is 1.08. The molecule has 4 nitrogen and oxygen atoms in total. The smallest absolute Gasteiger partial charge is 0.303 e. The van der Waals surface area contributed by atoms with Crippen LogP contribution in [0.3, 0.4) is 0 Å². The Morgan fingerprint density at radius 1 is 1.14 bits per heavy atom. The van der Waals surface area contributed by atoms with Crippen LogP contribution in [0.2, 0.25) is 0 Å². The van der Waals surface area contributed by atoms with Gasteiger partial charge in [0.25, 0.3) is 0 Å². The van der Waals surface area contributed by atoms with Crippen molar-refractivity contribution in [2.45, 2.75) is 32.1 Å². The van der Waals surface area contributed by atoms with Gasteiger partial charge in [-0.3, -0.25) is 9.59 Å². The van der Waals surface area contributed by atoms with E-state index in [1.54, 1.807) is 0 Å². The van der Waals surface area contributed by atoms with Gasteiger partial charge in [0.05, 0.1) is 0 Å². The van der Waals surface area contributed by atoms with E-state index < -0.39 is 5.97 Å². The van der Waals surface area contributed by atoms with Crippen molar-refractivity contribution >= 4 is 23.5 Å². The fraction of sp³-hybridized carbons (Fsp3) is 0.778. The van der Waals surface area contributed by atoms with Crippen LogP contribution in [0, 0.1) is 0 Å². The second-order valence-corrected chi connectivity index (χ2v) is 3.37. The quantitative estimate of drug-likeness (QED) is 0.481. The lowest BCUT2D eigenvalue weighted by molar-refractivity contribution is -0.137. The minimum Gasteiger partial charge on any atom is -0.481 e. The molecule has 0 heterocycles. The first-order valence-electron chi connectivity index (χ1n) is 4.71. The van der Waals surface area contributed by atoms with Crippen LogP contribution in [-0.2, 0) is 9.59 Å². The lowest BCUT2D eigenvalue weighted by atomic mass is 10.2. The predicted octanol–water partition coefficient (Wildman–Crippen LogP) is 1.38.